The van der Waals surface area contributed by atoms with E-state index in [-0.39, 0.29) is 5.92 Å². The van der Waals surface area contributed by atoms with E-state index >= 15 is 0 Å². The van der Waals surface area contributed by atoms with Crippen molar-refractivity contribution in [3.05, 3.63) is 24.3 Å². The number of benzene rings is 1. The van der Waals surface area contributed by atoms with Gasteiger partial charge in [0.2, 0.25) is 5.91 Å². The number of piperidine rings is 1. The molecule has 3 rings (SSSR count). The van der Waals surface area contributed by atoms with Crippen LogP contribution in [0, 0.1) is 5.92 Å². The van der Waals surface area contributed by atoms with Crippen molar-refractivity contribution in [1.29, 1.82) is 0 Å². The van der Waals surface area contributed by atoms with Gasteiger partial charge in [0.1, 0.15) is 6.54 Å². The summed E-state index contributed by atoms with van der Waals surface area (Å²) < 4.78 is 37.5. The molecule has 0 atom stereocenters. The van der Waals surface area contributed by atoms with E-state index in [0.717, 1.165) is 15.3 Å². The Bertz CT molecular complexity index is 660. The summed E-state index contributed by atoms with van der Waals surface area (Å²) in [7, 11) is 0. The molecule has 0 unspecified atom stereocenters. The molecule has 0 bridgehead atoms. The summed E-state index contributed by atoms with van der Waals surface area (Å²) in [5.74, 6) is -0.866. The second kappa shape index (κ2) is 6.35. The molecule has 0 radical (unpaired) electrons. The van der Waals surface area contributed by atoms with Crippen LogP contribution in [0.5, 0.6) is 0 Å². The number of anilines is 1. The van der Waals surface area contributed by atoms with Crippen LogP contribution in [-0.4, -0.2) is 36.7 Å². The normalized spacial score (nSPS) is 16.7. The van der Waals surface area contributed by atoms with E-state index in [0.29, 0.717) is 25.9 Å². The lowest BCUT2D eigenvalue weighted by molar-refractivity contribution is -0.141. The molecule has 2 aromatic rings. The van der Waals surface area contributed by atoms with Gasteiger partial charge in [-0.25, -0.2) is 4.98 Å². The molecule has 1 N–H and O–H groups in total. The third-order valence-electron chi connectivity index (χ3n) is 3.88. The van der Waals surface area contributed by atoms with Crippen molar-refractivity contribution in [2.45, 2.75) is 19.0 Å². The summed E-state index contributed by atoms with van der Waals surface area (Å²) in [6, 6.07) is 7.85. The van der Waals surface area contributed by atoms with Gasteiger partial charge in [0.05, 0.1) is 10.2 Å². The van der Waals surface area contributed by atoms with E-state index in [4.69, 9.17) is 0 Å². The zero-order valence-electron chi connectivity index (χ0n) is 12.3. The maximum Gasteiger partial charge on any atom is 0.405 e. The molecule has 1 aromatic heterocycles. The van der Waals surface area contributed by atoms with Crippen LogP contribution in [0.2, 0.25) is 0 Å². The molecule has 1 aromatic carbocycles. The van der Waals surface area contributed by atoms with Gasteiger partial charge in [-0.3, -0.25) is 4.79 Å². The standard InChI is InChI=1S/C15H16F3N3OS/c16-15(17,18)9-19-13(22)10-5-7-21(8-6-10)14-20-11-3-1-2-4-12(11)23-14/h1-4,10H,5-9H2,(H,19,22). The summed E-state index contributed by atoms with van der Waals surface area (Å²) >= 11 is 1.59. The molecule has 0 aliphatic carbocycles. The number of nitrogens with one attached hydrogen (secondary N) is 1. The molecule has 1 saturated heterocycles. The number of hydrogen-bond acceptors (Lipinski definition) is 4. The molecule has 124 valence electrons. The minimum absolute atomic E-state index is 0.358. The Labute approximate surface area is 135 Å². The Morgan fingerprint density at radius 2 is 2.00 bits per heavy atom. The molecule has 23 heavy (non-hydrogen) atoms. The third-order valence-corrected chi connectivity index (χ3v) is 4.98. The van der Waals surface area contributed by atoms with Gasteiger partial charge in [-0.15, -0.1) is 0 Å². The summed E-state index contributed by atoms with van der Waals surface area (Å²) in [6.07, 6.45) is -3.28. The molecule has 0 saturated carbocycles. The smallest absolute Gasteiger partial charge is 0.348 e. The Morgan fingerprint density at radius 3 is 2.65 bits per heavy atom. The van der Waals surface area contributed by atoms with Gasteiger partial charge >= 0.3 is 6.18 Å². The van der Waals surface area contributed by atoms with Crippen LogP contribution in [-0.2, 0) is 4.79 Å². The minimum Gasteiger partial charge on any atom is -0.348 e. The highest BCUT2D eigenvalue weighted by molar-refractivity contribution is 7.22. The van der Waals surface area contributed by atoms with Crippen molar-refractivity contribution >= 4 is 32.6 Å². The lowest BCUT2D eigenvalue weighted by Gasteiger charge is -2.31. The van der Waals surface area contributed by atoms with E-state index in [9.17, 15) is 18.0 Å². The number of aromatic nitrogens is 1. The number of carbonyl (C=O) groups excluding carboxylic acids is 1. The SMILES string of the molecule is O=C(NCC(F)(F)F)C1CCN(c2nc3ccccc3s2)CC1. The molecule has 4 nitrogen and oxygen atoms in total. The van der Waals surface area contributed by atoms with Crippen LogP contribution in [0.3, 0.4) is 0 Å². The summed E-state index contributed by atoms with van der Waals surface area (Å²) in [5, 5.41) is 2.88. The first-order valence-electron chi connectivity index (χ1n) is 7.37. The highest BCUT2D eigenvalue weighted by Gasteiger charge is 2.31. The van der Waals surface area contributed by atoms with Crippen LogP contribution in [0.4, 0.5) is 18.3 Å². The topological polar surface area (TPSA) is 45.2 Å². The van der Waals surface area contributed by atoms with Gasteiger partial charge in [-0.1, -0.05) is 23.5 Å². The number of fused-ring (bicyclic) bond motifs is 1. The Balaban J connectivity index is 1.56. The second-order valence-corrected chi connectivity index (χ2v) is 6.57. The van der Waals surface area contributed by atoms with E-state index in [1.165, 1.54) is 0 Å². The van der Waals surface area contributed by atoms with Crippen LogP contribution in [0.1, 0.15) is 12.8 Å². The lowest BCUT2D eigenvalue weighted by Crippen LogP contribution is -2.43. The fourth-order valence-electron chi connectivity index (χ4n) is 2.66. The fourth-order valence-corrected chi connectivity index (χ4v) is 3.68. The minimum atomic E-state index is -4.36. The summed E-state index contributed by atoms with van der Waals surface area (Å²) in [5.41, 5.74) is 0.942. The van der Waals surface area contributed by atoms with Crippen molar-refractivity contribution in [2.24, 2.45) is 5.92 Å². The maximum atomic E-state index is 12.1. The zero-order chi connectivity index (χ0) is 16.4. The number of nitrogens with zero attached hydrogens (tertiary/aromatic N) is 2. The number of amides is 1. The molecule has 1 aliphatic heterocycles. The first kappa shape index (κ1) is 16.0. The van der Waals surface area contributed by atoms with Crippen molar-refractivity contribution in [3.63, 3.8) is 0 Å². The Kier molecular flexibility index (Phi) is 4.43. The van der Waals surface area contributed by atoms with Crippen molar-refractivity contribution in [2.75, 3.05) is 24.5 Å². The largest absolute Gasteiger partial charge is 0.405 e. The summed E-state index contributed by atoms with van der Waals surface area (Å²) in [6.45, 7) is -0.00221. The predicted octanol–water partition coefficient (Wildman–Crippen LogP) is 3.19. The molecular weight excluding hydrogens is 327 g/mol. The van der Waals surface area contributed by atoms with Crippen molar-refractivity contribution < 1.29 is 18.0 Å². The highest BCUT2D eigenvalue weighted by Crippen LogP contribution is 2.31. The number of carbonyl (C=O) groups is 1. The van der Waals surface area contributed by atoms with Crippen LogP contribution in [0.15, 0.2) is 24.3 Å². The van der Waals surface area contributed by atoms with E-state index < -0.39 is 18.6 Å². The number of alkyl halides is 3. The summed E-state index contributed by atoms with van der Waals surface area (Å²) in [4.78, 5) is 18.5. The van der Waals surface area contributed by atoms with E-state index in [2.05, 4.69) is 9.88 Å². The molecule has 1 aliphatic rings. The molecule has 1 fully saturated rings. The Morgan fingerprint density at radius 1 is 1.30 bits per heavy atom. The maximum absolute atomic E-state index is 12.1. The van der Waals surface area contributed by atoms with E-state index in [1.807, 2.05) is 29.6 Å². The van der Waals surface area contributed by atoms with Gasteiger partial charge < -0.3 is 10.2 Å². The fraction of sp³-hybridized carbons (Fsp3) is 0.467. The van der Waals surface area contributed by atoms with Gasteiger partial charge in [-0.2, -0.15) is 13.2 Å². The monoisotopic (exact) mass is 343 g/mol. The van der Waals surface area contributed by atoms with Crippen LogP contribution < -0.4 is 10.2 Å². The molecule has 1 amide bonds. The number of para-hydroxylation sites is 1. The molecule has 0 spiro atoms. The molecular formula is C15H16F3N3OS. The van der Waals surface area contributed by atoms with Gasteiger partial charge in [0.15, 0.2) is 5.13 Å². The quantitative estimate of drug-likeness (QED) is 0.931. The Hall–Kier alpha value is -1.83. The van der Waals surface area contributed by atoms with Crippen molar-refractivity contribution in [1.82, 2.24) is 10.3 Å². The van der Waals surface area contributed by atoms with Crippen LogP contribution in [0.25, 0.3) is 10.2 Å². The number of halogens is 3. The number of rotatable bonds is 3. The average molecular weight is 343 g/mol. The average Bonchev–Trinajstić information content (AvgIpc) is 2.96. The molecule has 2 heterocycles. The zero-order valence-corrected chi connectivity index (χ0v) is 13.1. The first-order valence-corrected chi connectivity index (χ1v) is 8.19. The van der Waals surface area contributed by atoms with Gasteiger partial charge in [0, 0.05) is 19.0 Å². The van der Waals surface area contributed by atoms with Gasteiger partial charge in [0.25, 0.3) is 0 Å². The second-order valence-electron chi connectivity index (χ2n) is 5.56. The van der Waals surface area contributed by atoms with Crippen molar-refractivity contribution in [3.8, 4) is 0 Å². The van der Waals surface area contributed by atoms with Gasteiger partial charge in [-0.05, 0) is 25.0 Å². The third kappa shape index (κ3) is 3.93. The highest BCUT2D eigenvalue weighted by atomic mass is 32.1. The number of hydrogen-bond donors (Lipinski definition) is 1. The van der Waals surface area contributed by atoms with Crippen LogP contribution >= 0.6 is 11.3 Å². The lowest BCUT2D eigenvalue weighted by atomic mass is 9.96. The molecule has 8 heteroatoms. The van der Waals surface area contributed by atoms with E-state index in [1.54, 1.807) is 11.3 Å². The predicted molar refractivity (Wildman–Crippen MR) is 83.6 cm³/mol. The first-order chi connectivity index (χ1) is 10.9. The number of thiazole rings is 1.